The van der Waals surface area contributed by atoms with Gasteiger partial charge in [0.05, 0.1) is 5.60 Å². The molecule has 1 spiro atoms. The van der Waals surface area contributed by atoms with Gasteiger partial charge in [0.2, 0.25) is 0 Å². The van der Waals surface area contributed by atoms with Gasteiger partial charge in [-0.1, -0.05) is 44.8 Å². The fraction of sp³-hybridized carbons (Fsp3) is 0.857. The SMILES string of the molecule is CCCCC1(O)C=CC2(CCCC2)CC1. The van der Waals surface area contributed by atoms with Gasteiger partial charge in [0.15, 0.2) is 0 Å². The van der Waals surface area contributed by atoms with E-state index in [4.69, 9.17) is 0 Å². The minimum Gasteiger partial charge on any atom is -0.386 e. The molecule has 0 amide bonds. The van der Waals surface area contributed by atoms with Crippen LogP contribution in [0.25, 0.3) is 0 Å². The first-order chi connectivity index (χ1) is 7.18. The average Bonchev–Trinajstić information content (AvgIpc) is 2.70. The van der Waals surface area contributed by atoms with Crippen molar-refractivity contribution in [2.24, 2.45) is 5.41 Å². The maximum Gasteiger partial charge on any atom is 0.0828 e. The van der Waals surface area contributed by atoms with E-state index in [1.165, 1.54) is 38.5 Å². The Hall–Kier alpha value is -0.300. The lowest BCUT2D eigenvalue weighted by Crippen LogP contribution is -2.33. The van der Waals surface area contributed by atoms with Crippen LogP contribution in [0.1, 0.15) is 64.7 Å². The molecule has 1 saturated carbocycles. The fourth-order valence-electron chi connectivity index (χ4n) is 3.15. The molecule has 2 rings (SSSR count). The predicted octanol–water partition coefficient (Wildman–Crippen LogP) is 3.82. The highest BCUT2D eigenvalue weighted by Gasteiger charge is 2.38. The van der Waals surface area contributed by atoms with Crippen molar-refractivity contribution in [3.63, 3.8) is 0 Å². The Balaban J connectivity index is 1.97. The second-order valence-electron chi connectivity index (χ2n) is 5.61. The van der Waals surface area contributed by atoms with Crippen molar-refractivity contribution < 1.29 is 5.11 Å². The Kier molecular flexibility index (Phi) is 3.20. The Morgan fingerprint density at radius 3 is 2.33 bits per heavy atom. The summed E-state index contributed by atoms with van der Waals surface area (Å²) in [6.07, 6.45) is 15.4. The third-order valence-corrected chi connectivity index (χ3v) is 4.37. The molecule has 0 heterocycles. The lowest BCUT2D eigenvalue weighted by molar-refractivity contribution is 0.0465. The van der Waals surface area contributed by atoms with Gasteiger partial charge in [-0.2, -0.15) is 0 Å². The highest BCUT2D eigenvalue weighted by molar-refractivity contribution is 5.14. The monoisotopic (exact) mass is 208 g/mol. The summed E-state index contributed by atoms with van der Waals surface area (Å²) in [7, 11) is 0. The number of rotatable bonds is 3. The standard InChI is InChI=1S/C14H24O/c1-2-3-8-14(15)11-9-13(10-12-14)6-4-5-7-13/h9,11,15H,2-8,10,12H2,1H3. The first kappa shape index (κ1) is 11.2. The summed E-state index contributed by atoms with van der Waals surface area (Å²) in [5.41, 5.74) is 0.0162. The second-order valence-corrected chi connectivity index (χ2v) is 5.61. The smallest absolute Gasteiger partial charge is 0.0828 e. The summed E-state index contributed by atoms with van der Waals surface area (Å²) < 4.78 is 0. The van der Waals surface area contributed by atoms with Gasteiger partial charge in [-0.15, -0.1) is 0 Å². The Morgan fingerprint density at radius 2 is 1.80 bits per heavy atom. The lowest BCUT2D eigenvalue weighted by Gasteiger charge is -2.37. The molecule has 0 aliphatic heterocycles. The van der Waals surface area contributed by atoms with Crippen LogP contribution < -0.4 is 0 Å². The zero-order valence-corrected chi connectivity index (χ0v) is 9.97. The summed E-state index contributed by atoms with van der Waals surface area (Å²) in [6, 6.07) is 0. The number of hydrogen-bond donors (Lipinski definition) is 1. The fourth-order valence-corrected chi connectivity index (χ4v) is 3.15. The molecule has 0 saturated heterocycles. The lowest BCUT2D eigenvalue weighted by atomic mass is 9.72. The van der Waals surface area contributed by atoms with Crippen molar-refractivity contribution in [1.29, 1.82) is 0 Å². The quantitative estimate of drug-likeness (QED) is 0.699. The van der Waals surface area contributed by atoms with E-state index in [0.717, 1.165) is 19.3 Å². The van der Waals surface area contributed by atoms with Crippen LogP contribution in [-0.4, -0.2) is 10.7 Å². The molecule has 0 aromatic rings. The molecule has 86 valence electrons. The van der Waals surface area contributed by atoms with Crippen LogP contribution >= 0.6 is 0 Å². The molecule has 1 heteroatoms. The van der Waals surface area contributed by atoms with Crippen LogP contribution in [0.4, 0.5) is 0 Å². The summed E-state index contributed by atoms with van der Waals surface area (Å²) in [5.74, 6) is 0. The maximum absolute atomic E-state index is 10.4. The summed E-state index contributed by atoms with van der Waals surface area (Å²) in [6.45, 7) is 2.19. The van der Waals surface area contributed by atoms with Crippen LogP contribution in [0.3, 0.4) is 0 Å². The summed E-state index contributed by atoms with van der Waals surface area (Å²) in [4.78, 5) is 0. The molecule has 0 bridgehead atoms. The van der Waals surface area contributed by atoms with E-state index in [1.807, 2.05) is 0 Å². The molecule has 2 aliphatic carbocycles. The second kappa shape index (κ2) is 4.29. The van der Waals surface area contributed by atoms with Crippen LogP contribution in [0.5, 0.6) is 0 Å². The molecule has 2 aliphatic rings. The molecule has 0 radical (unpaired) electrons. The van der Waals surface area contributed by atoms with Crippen molar-refractivity contribution >= 4 is 0 Å². The number of allylic oxidation sites excluding steroid dienone is 1. The number of unbranched alkanes of at least 4 members (excludes halogenated alkanes) is 1. The van der Waals surface area contributed by atoms with Crippen molar-refractivity contribution in [3.8, 4) is 0 Å². The van der Waals surface area contributed by atoms with Gasteiger partial charge in [0, 0.05) is 0 Å². The van der Waals surface area contributed by atoms with Gasteiger partial charge in [-0.25, -0.2) is 0 Å². The Morgan fingerprint density at radius 1 is 1.07 bits per heavy atom. The Labute approximate surface area is 93.6 Å². The van der Waals surface area contributed by atoms with Crippen LogP contribution in [0, 0.1) is 5.41 Å². The molecule has 1 N–H and O–H groups in total. The van der Waals surface area contributed by atoms with E-state index in [0.29, 0.717) is 5.41 Å². The number of aliphatic hydroxyl groups is 1. The maximum atomic E-state index is 10.4. The van der Waals surface area contributed by atoms with E-state index in [1.54, 1.807) is 0 Å². The minimum absolute atomic E-state index is 0.468. The summed E-state index contributed by atoms with van der Waals surface area (Å²) >= 11 is 0. The molecular weight excluding hydrogens is 184 g/mol. The third kappa shape index (κ3) is 2.44. The highest BCUT2D eigenvalue weighted by Crippen LogP contribution is 2.48. The molecule has 15 heavy (non-hydrogen) atoms. The van der Waals surface area contributed by atoms with E-state index in [9.17, 15) is 5.11 Å². The van der Waals surface area contributed by atoms with Crippen molar-refractivity contribution in [1.82, 2.24) is 0 Å². The Bertz CT molecular complexity index is 238. The molecule has 0 aromatic heterocycles. The van der Waals surface area contributed by atoms with Gasteiger partial charge < -0.3 is 5.11 Å². The van der Waals surface area contributed by atoms with Crippen molar-refractivity contribution in [2.75, 3.05) is 0 Å². The van der Waals surface area contributed by atoms with E-state index < -0.39 is 5.60 Å². The normalized spacial score (nSPS) is 33.7. The van der Waals surface area contributed by atoms with Crippen LogP contribution in [-0.2, 0) is 0 Å². The summed E-state index contributed by atoms with van der Waals surface area (Å²) in [5, 5.41) is 10.4. The zero-order valence-electron chi connectivity index (χ0n) is 9.97. The molecule has 1 atom stereocenters. The average molecular weight is 208 g/mol. The molecule has 0 aromatic carbocycles. The molecular formula is C14H24O. The van der Waals surface area contributed by atoms with Crippen molar-refractivity contribution in [3.05, 3.63) is 12.2 Å². The zero-order chi connectivity index (χ0) is 10.8. The van der Waals surface area contributed by atoms with E-state index >= 15 is 0 Å². The third-order valence-electron chi connectivity index (χ3n) is 4.37. The van der Waals surface area contributed by atoms with Gasteiger partial charge in [0.25, 0.3) is 0 Å². The van der Waals surface area contributed by atoms with Crippen molar-refractivity contribution in [2.45, 2.75) is 70.3 Å². The molecule has 1 nitrogen and oxygen atoms in total. The van der Waals surface area contributed by atoms with Gasteiger partial charge in [0.1, 0.15) is 0 Å². The van der Waals surface area contributed by atoms with Gasteiger partial charge in [-0.05, 0) is 37.5 Å². The molecule has 1 fully saturated rings. The predicted molar refractivity (Wildman–Crippen MR) is 63.7 cm³/mol. The van der Waals surface area contributed by atoms with Gasteiger partial charge in [-0.3, -0.25) is 0 Å². The highest BCUT2D eigenvalue weighted by atomic mass is 16.3. The molecule has 1 unspecified atom stereocenters. The largest absolute Gasteiger partial charge is 0.386 e. The van der Waals surface area contributed by atoms with Crippen LogP contribution in [0.15, 0.2) is 12.2 Å². The number of hydrogen-bond acceptors (Lipinski definition) is 1. The topological polar surface area (TPSA) is 20.2 Å². The van der Waals surface area contributed by atoms with E-state index in [-0.39, 0.29) is 0 Å². The first-order valence-corrected chi connectivity index (χ1v) is 6.61. The van der Waals surface area contributed by atoms with E-state index in [2.05, 4.69) is 19.1 Å². The first-order valence-electron chi connectivity index (χ1n) is 6.61. The minimum atomic E-state index is -0.468. The van der Waals surface area contributed by atoms with Gasteiger partial charge >= 0.3 is 0 Å². The van der Waals surface area contributed by atoms with Crippen LogP contribution in [0.2, 0.25) is 0 Å².